The smallest absolute Gasteiger partial charge is 0.243 e. The first-order valence-electron chi connectivity index (χ1n) is 5.08. The van der Waals surface area contributed by atoms with Gasteiger partial charge in [-0.15, -0.1) is 11.3 Å². The van der Waals surface area contributed by atoms with Crippen LogP contribution in [0.15, 0.2) is 11.0 Å². The molecule has 1 fully saturated rings. The van der Waals surface area contributed by atoms with Crippen LogP contribution in [-0.4, -0.2) is 19.4 Å². The Hall–Kier alpha value is 0.0800. The Morgan fingerprint density at radius 2 is 2.17 bits per heavy atom. The van der Waals surface area contributed by atoms with E-state index < -0.39 is 16.1 Å². The lowest BCUT2D eigenvalue weighted by molar-refractivity contribution is 0.565. The van der Waals surface area contributed by atoms with Gasteiger partial charge in [-0.05, 0) is 24.8 Å². The second-order valence-corrected chi connectivity index (χ2v) is 8.47. The minimum atomic E-state index is -3.74. The van der Waals surface area contributed by atoms with E-state index >= 15 is 0 Å². The maximum absolute atomic E-state index is 12.2. The number of rotatable bonds is 5. The summed E-state index contributed by atoms with van der Waals surface area (Å²) in [6.07, 6.45) is 1.84. The van der Waals surface area contributed by atoms with Crippen LogP contribution in [0.25, 0.3) is 0 Å². The summed E-state index contributed by atoms with van der Waals surface area (Å²) in [7, 11) is -3.74. The summed E-state index contributed by atoms with van der Waals surface area (Å²) < 4.78 is 27.2. The zero-order chi connectivity index (χ0) is 13.5. The van der Waals surface area contributed by atoms with Crippen molar-refractivity contribution in [2.45, 2.75) is 23.8 Å². The van der Waals surface area contributed by atoms with Crippen molar-refractivity contribution in [3.05, 3.63) is 14.7 Å². The van der Waals surface area contributed by atoms with Crippen LogP contribution in [0, 0.1) is 5.92 Å². The fourth-order valence-corrected chi connectivity index (χ4v) is 5.31. The van der Waals surface area contributed by atoms with Gasteiger partial charge < -0.3 is 5.73 Å². The zero-order valence-electron chi connectivity index (χ0n) is 9.02. The molecule has 0 aliphatic heterocycles. The molecular formula is C9H10Cl2N2O2S3. The van der Waals surface area contributed by atoms with Gasteiger partial charge in [-0.3, -0.25) is 0 Å². The molecule has 3 N–H and O–H groups in total. The number of thiophene rings is 1. The molecule has 1 heterocycles. The molecule has 1 atom stereocenters. The number of sulfonamides is 1. The van der Waals surface area contributed by atoms with E-state index in [0.29, 0.717) is 4.34 Å². The lowest BCUT2D eigenvalue weighted by atomic mass is 10.2. The molecule has 0 spiro atoms. The summed E-state index contributed by atoms with van der Waals surface area (Å²) in [5, 5.41) is 0. The maximum atomic E-state index is 12.2. The molecule has 4 nitrogen and oxygen atoms in total. The van der Waals surface area contributed by atoms with Gasteiger partial charge in [0, 0.05) is 0 Å². The Kier molecular flexibility index (Phi) is 4.20. The normalized spacial score (nSPS) is 17.7. The Morgan fingerprint density at radius 1 is 1.56 bits per heavy atom. The monoisotopic (exact) mass is 344 g/mol. The van der Waals surface area contributed by atoms with Crippen LogP contribution >= 0.6 is 46.8 Å². The summed E-state index contributed by atoms with van der Waals surface area (Å²) >= 11 is 17.5. The first-order chi connectivity index (χ1) is 8.31. The molecule has 1 saturated carbocycles. The molecule has 1 aliphatic rings. The minimum absolute atomic E-state index is 0.0268. The Labute approximate surface area is 125 Å². The second kappa shape index (κ2) is 5.22. The quantitative estimate of drug-likeness (QED) is 0.804. The number of nitrogens with one attached hydrogen (secondary N) is 1. The van der Waals surface area contributed by atoms with Gasteiger partial charge in [0.1, 0.15) is 9.23 Å². The third-order valence-corrected chi connectivity index (χ3v) is 6.05. The lowest BCUT2D eigenvalue weighted by Crippen LogP contribution is -2.44. The van der Waals surface area contributed by atoms with Crippen LogP contribution in [0.3, 0.4) is 0 Å². The van der Waals surface area contributed by atoms with Crippen molar-refractivity contribution in [2.75, 3.05) is 0 Å². The average molecular weight is 345 g/mol. The Bertz CT molecular complexity index is 581. The fourth-order valence-electron chi connectivity index (χ4n) is 1.56. The molecule has 2 rings (SSSR count). The maximum Gasteiger partial charge on any atom is 0.243 e. The van der Waals surface area contributed by atoms with Gasteiger partial charge >= 0.3 is 0 Å². The molecule has 0 amide bonds. The second-order valence-electron chi connectivity index (χ2n) is 4.03. The third kappa shape index (κ3) is 3.15. The summed E-state index contributed by atoms with van der Waals surface area (Å²) in [6.45, 7) is 0. The van der Waals surface area contributed by atoms with E-state index in [1.54, 1.807) is 0 Å². The Morgan fingerprint density at radius 3 is 2.56 bits per heavy atom. The molecule has 1 aromatic heterocycles. The number of hydrogen-bond acceptors (Lipinski definition) is 4. The van der Waals surface area contributed by atoms with E-state index in [2.05, 4.69) is 4.72 Å². The highest BCUT2D eigenvalue weighted by Gasteiger charge is 2.36. The molecular weight excluding hydrogens is 335 g/mol. The topological polar surface area (TPSA) is 72.2 Å². The molecule has 0 bridgehead atoms. The lowest BCUT2D eigenvalue weighted by Gasteiger charge is -2.16. The highest BCUT2D eigenvalue weighted by atomic mass is 35.5. The molecule has 1 unspecified atom stereocenters. The number of halogens is 2. The molecule has 100 valence electrons. The van der Waals surface area contributed by atoms with Crippen molar-refractivity contribution in [3.8, 4) is 0 Å². The SMILES string of the molecule is NC(=S)C(NS(=O)(=O)c1cc(Cl)sc1Cl)C1CC1. The van der Waals surface area contributed by atoms with Crippen molar-refractivity contribution in [1.82, 2.24) is 4.72 Å². The van der Waals surface area contributed by atoms with Crippen LogP contribution < -0.4 is 10.5 Å². The van der Waals surface area contributed by atoms with Crippen LogP contribution in [0.5, 0.6) is 0 Å². The van der Waals surface area contributed by atoms with Gasteiger partial charge in [0.25, 0.3) is 0 Å². The Balaban J connectivity index is 2.26. The highest BCUT2D eigenvalue weighted by Crippen LogP contribution is 2.36. The van der Waals surface area contributed by atoms with Crippen molar-refractivity contribution in [2.24, 2.45) is 11.7 Å². The molecule has 1 aliphatic carbocycles. The van der Waals surface area contributed by atoms with Gasteiger partial charge in [0.2, 0.25) is 10.0 Å². The van der Waals surface area contributed by atoms with E-state index in [9.17, 15) is 8.42 Å². The van der Waals surface area contributed by atoms with E-state index in [-0.39, 0.29) is 20.1 Å². The third-order valence-electron chi connectivity index (χ3n) is 2.60. The predicted octanol–water partition coefficient (Wildman–Crippen LogP) is 2.40. The molecule has 1 aromatic rings. The molecule has 0 radical (unpaired) electrons. The fraction of sp³-hybridized carbons (Fsp3) is 0.444. The molecule has 0 saturated heterocycles. The van der Waals surface area contributed by atoms with E-state index in [1.165, 1.54) is 6.07 Å². The largest absolute Gasteiger partial charge is 0.392 e. The van der Waals surface area contributed by atoms with Gasteiger partial charge in [-0.25, -0.2) is 13.1 Å². The molecule has 18 heavy (non-hydrogen) atoms. The van der Waals surface area contributed by atoms with Crippen LogP contribution in [0.2, 0.25) is 8.67 Å². The summed E-state index contributed by atoms with van der Waals surface area (Å²) in [6, 6.07) is 0.806. The van der Waals surface area contributed by atoms with Gasteiger partial charge in [0.15, 0.2) is 0 Å². The zero-order valence-corrected chi connectivity index (χ0v) is 13.0. The van der Waals surface area contributed by atoms with Crippen molar-refractivity contribution in [3.63, 3.8) is 0 Å². The standard InChI is InChI=1S/C9H10Cl2N2O2S3/c10-6-3-5(8(11)17-6)18(14,15)13-7(9(12)16)4-1-2-4/h3-4,7,13H,1-2H2,(H2,12,16). The van der Waals surface area contributed by atoms with Gasteiger partial charge in [-0.2, -0.15) is 0 Å². The van der Waals surface area contributed by atoms with Gasteiger partial charge in [0.05, 0.1) is 15.4 Å². The summed E-state index contributed by atoms with van der Waals surface area (Å²) in [5.41, 5.74) is 5.55. The molecule has 9 heteroatoms. The average Bonchev–Trinajstić information content (AvgIpc) is 3.00. The number of nitrogens with two attached hydrogens (primary N) is 1. The predicted molar refractivity (Wildman–Crippen MR) is 78.0 cm³/mol. The summed E-state index contributed by atoms with van der Waals surface area (Å²) in [5.74, 6) is 0.185. The van der Waals surface area contributed by atoms with E-state index in [0.717, 1.165) is 24.2 Å². The minimum Gasteiger partial charge on any atom is -0.392 e. The first-order valence-corrected chi connectivity index (χ1v) is 8.54. The van der Waals surface area contributed by atoms with Crippen molar-refractivity contribution in [1.29, 1.82) is 0 Å². The summed E-state index contributed by atoms with van der Waals surface area (Å²) in [4.78, 5) is 0.125. The molecule has 0 aromatic carbocycles. The van der Waals surface area contributed by atoms with Crippen molar-refractivity contribution >= 4 is 61.8 Å². The van der Waals surface area contributed by atoms with Crippen LogP contribution in [0.4, 0.5) is 0 Å². The van der Waals surface area contributed by atoms with E-state index in [4.69, 9.17) is 41.2 Å². The van der Waals surface area contributed by atoms with Crippen LogP contribution in [-0.2, 0) is 10.0 Å². The number of thiocarbonyl (C=S) groups is 1. The van der Waals surface area contributed by atoms with Gasteiger partial charge in [-0.1, -0.05) is 35.4 Å². The number of hydrogen-bond donors (Lipinski definition) is 2. The van der Waals surface area contributed by atoms with Crippen LogP contribution in [0.1, 0.15) is 12.8 Å². The first kappa shape index (κ1) is 14.5. The highest BCUT2D eigenvalue weighted by molar-refractivity contribution is 7.90. The van der Waals surface area contributed by atoms with E-state index in [1.807, 2.05) is 0 Å². The van der Waals surface area contributed by atoms with Crippen molar-refractivity contribution < 1.29 is 8.42 Å².